The zero-order valence-corrected chi connectivity index (χ0v) is 12.1. The summed E-state index contributed by atoms with van der Waals surface area (Å²) in [5.41, 5.74) is 12.4. The van der Waals surface area contributed by atoms with Crippen LogP contribution in [0, 0.1) is 0 Å². The number of benzene rings is 2. The molecule has 2 aromatic rings. The first-order valence-electron chi connectivity index (χ1n) is 6.49. The fourth-order valence-electron chi connectivity index (χ4n) is 2.13. The van der Waals surface area contributed by atoms with E-state index in [1.165, 1.54) is 0 Å². The van der Waals surface area contributed by atoms with Crippen LogP contribution < -0.4 is 11.5 Å². The van der Waals surface area contributed by atoms with Crippen molar-refractivity contribution in [3.05, 3.63) is 70.7 Å². The van der Waals surface area contributed by atoms with E-state index < -0.39 is 5.92 Å². The molecule has 0 aliphatic carbocycles. The van der Waals surface area contributed by atoms with Gasteiger partial charge < -0.3 is 11.5 Å². The van der Waals surface area contributed by atoms with Crippen molar-refractivity contribution in [3.63, 3.8) is 0 Å². The lowest BCUT2D eigenvalue weighted by molar-refractivity contribution is -0.119. The van der Waals surface area contributed by atoms with Gasteiger partial charge in [-0.2, -0.15) is 4.99 Å². The van der Waals surface area contributed by atoms with Crippen molar-refractivity contribution in [2.75, 3.05) is 0 Å². The molecule has 2 rings (SSSR count). The third kappa shape index (κ3) is 4.33. The summed E-state index contributed by atoms with van der Waals surface area (Å²) in [6.45, 7) is 0. The van der Waals surface area contributed by atoms with Gasteiger partial charge in [0.05, 0.1) is 5.92 Å². The Morgan fingerprint density at radius 1 is 1.10 bits per heavy atom. The van der Waals surface area contributed by atoms with Crippen LogP contribution in [0.1, 0.15) is 17.0 Å². The highest BCUT2D eigenvalue weighted by Gasteiger charge is 2.21. The quantitative estimate of drug-likeness (QED) is 0.672. The Balaban J connectivity index is 2.35. The zero-order valence-electron chi connectivity index (χ0n) is 11.4. The van der Waals surface area contributed by atoms with E-state index in [1.54, 1.807) is 18.2 Å². The van der Waals surface area contributed by atoms with Gasteiger partial charge in [-0.25, -0.2) is 0 Å². The number of carbonyl (C=O) groups is 1. The number of guanidine groups is 1. The molecule has 0 aliphatic rings. The fraction of sp³-hybridized carbons (Fsp3) is 0.125. The Hall–Kier alpha value is -2.33. The highest BCUT2D eigenvalue weighted by molar-refractivity contribution is 6.30. The Kier molecular flexibility index (Phi) is 4.95. The summed E-state index contributed by atoms with van der Waals surface area (Å²) < 4.78 is 0. The zero-order chi connectivity index (χ0) is 15.2. The molecular weight excluding hydrogens is 286 g/mol. The number of nitrogens with zero attached hydrogens (tertiary/aromatic N) is 1. The summed E-state index contributed by atoms with van der Waals surface area (Å²) in [7, 11) is 0. The second-order valence-electron chi connectivity index (χ2n) is 4.67. The smallest absolute Gasteiger partial charge is 0.256 e. The Morgan fingerprint density at radius 2 is 1.81 bits per heavy atom. The molecule has 4 N–H and O–H groups in total. The van der Waals surface area contributed by atoms with Crippen LogP contribution in [-0.2, 0) is 11.2 Å². The lowest BCUT2D eigenvalue weighted by Crippen LogP contribution is -2.26. The van der Waals surface area contributed by atoms with Gasteiger partial charge in [-0.1, -0.05) is 54.1 Å². The monoisotopic (exact) mass is 301 g/mol. The van der Waals surface area contributed by atoms with Gasteiger partial charge in [0.15, 0.2) is 5.96 Å². The van der Waals surface area contributed by atoms with E-state index in [2.05, 4.69) is 4.99 Å². The fourth-order valence-corrected chi connectivity index (χ4v) is 2.32. The van der Waals surface area contributed by atoms with Crippen molar-refractivity contribution in [1.29, 1.82) is 0 Å². The van der Waals surface area contributed by atoms with E-state index in [4.69, 9.17) is 23.1 Å². The molecule has 1 atom stereocenters. The summed E-state index contributed by atoms with van der Waals surface area (Å²) in [6, 6.07) is 16.9. The van der Waals surface area contributed by atoms with Crippen LogP contribution in [0.2, 0.25) is 5.02 Å². The summed E-state index contributed by atoms with van der Waals surface area (Å²) in [6.07, 6.45) is 0.511. The van der Waals surface area contributed by atoms with Crippen LogP contribution in [0.15, 0.2) is 59.6 Å². The topological polar surface area (TPSA) is 81.5 Å². The molecule has 0 saturated heterocycles. The summed E-state index contributed by atoms with van der Waals surface area (Å²) >= 11 is 6.01. The molecule has 0 bridgehead atoms. The van der Waals surface area contributed by atoms with E-state index in [1.807, 2.05) is 36.4 Å². The predicted molar refractivity (Wildman–Crippen MR) is 85.2 cm³/mol. The molecule has 0 heterocycles. The molecular formula is C16H16ClN3O. The van der Waals surface area contributed by atoms with Crippen LogP contribution in [0.4, 0.5) is 0 Å². The number of halogens is 1. The third-order valence-electron chi connectivity index (χ3n) is 3.07. The lowest BCUT2D eigenvalue weighted by atomic mass is 9.91. The highest BCUT2D eigenvalue weighted by Crippen LogP contribution is 2.25. The standard InChI is InChI=1S/C16H16ClN3O/c17-13-8-4-7-12(10-13)14(15(21)20-16(18)19)9-11-5-2-1-3-6-11/h1-8,10,14H,9H2,(H4,18,19,20,21)/t14-/m0/s1. The number of amides is 1. The van der Waals surface area contributed by atoms with Gasteiger partial charge >= 0.3 is 0 Å². The maximum Gasteiger partial charge on any atom is 0.256 e. The average molecular weight is 302 g/mol. The molecule has 4 nitrogen and oxygen atoms in total. The second-order valence-corrected chi connectivity index (χ2v) is 5.11. The van der Waals surface area contributed by atoms with Crippen molar-refractivity contribution in [2.45, 2.75) is 12.3 Å². The van der Waals surface area contributed by atoms with Crippen molar-refractivity contribution in [3.8, 4) is 0 Å². The lowest BCUT2D eigenvalue weighted by Gasteiger charge is -2.14. The normalized spacial score (nSPS) is 11.7. The first kappa shape index (κ1) is 15.1. The number of hydrogen-bond acceptors (Lipinski definition) is 1. The van der Waals surface area contributed by atoms with Gasteiger partial charge in [-0.05, 0) is 29.7 Å². The van der Waals surface area contributed by atoms with Gasteiger partial charge in [0.25, 0.3) is 5.91 Å². The Morgan fingerprint density at radius 3 is 2.43 bits per heavy atom. The maximum atomic E-state index is 12.3. The number of hydrogen-bond donors (Lipinski definition) is 2. The molecule has 5 heteroatoms. The van der Waals surface area contributed by atoms with Crippen molar-refractivity contribution < 1.29 is 4.79 Å². The third-order valence-corrected chi connectivity index (χ3v) is 3.31. The number of carbonyl (C=O) groups excluding carboxylic acids is 1. The predicted octanol–water partition coefficient (Wildman–Crippen LogP) is 2.47. The average Bonchev–Trinajstić information content (AvgIpc) is 2.45. The summed E-state index contributed by atoms with van der Waals surface area (Å²) in [4.78, 5) is 15.9. The van der Waals surface area contributed by atoms with Crippen molar-refractivity contribution >= 4 is 23.5 Å². The van der Waals surface area contributed by atoms with Gasteiger partial charge in [0, 0.05) is 5.02 Å². The molecule has 0 aromatic heterocycles. The van der Waals surface area contributed by atoms with Crippen LogP contribution in [-0.4, -0.2) is 11.9 Å². The first-order valence-corrected chi connectivity index (χ1v) is 6.87. The van der Waals surface area contributed by atoms with Gasteiger partial charge in [-0.3, -0.25) is 4.79 Å². The molecule has 21 heavy (non-hydrogen) atoms. The minimum Gasteiger partial charge on any atom is -0.370 e. The van der Waals surface area contributed by atoms with Crippen LogP contribution in [0.5, 0.6) is 0 Å². The minimum atomic E-state index is -0.465. The van der Waals surface area contributed by atoms with E-state index in [-0.39, 0.29) is 11.9 Å². The molecule has 1 amide bonds. The molecule has 0 aliphatic heterocycles. The van der Waals surface area contributed by atoms with Gasteiger partial charge in [0.2, 0.25) is 0 Å². The SMILES string of the molecule is NC(N)=NC(=O)[C@@H](Cc1ccccc1)c1cccc(Cl)c1. The van der Waals surface area contributed by atoms with Crippen LogP contribution in [0.25, 0.3) is 0 Å². The Labute approximate surface area is 128 Å². The van der Waals surface area contributed by atoms with Crippen LogP contribution in [0.3, 0.4) is 0 Å². The van der Waals surface area contributed by atoms with E-state index in [9.17, 15) is 4.79 Å². The second kappa shape index (κ2) is 6.90. The molecule has 0 radical (unpaired) electrons. The summed E-state index contributed by atoms with van der Waals surface area (Å²) in [5, 5.41) is 0.572. The molecule has 108 valence electrons. The van der Waals surface area contributed by atoms with Crippen molar-refractivity contribution in [1.82, 2.24) is 0 Å². The molecule has 0 saturated carbocycles. The van der Waals surface area contributed by atoms with Gasteiger partial charge in [-0.15, -0.1) is 0 Å². The minimum absolute atomic E-state index is 0.236. The van der Waals surface area contributed by atoms with Crippen LogP contribution >= 0.6 is 11.6 Å². The van der Waals surface area contributed by atoms with E-state index in [0.29, 0.717) is 11.4 Å². The Bertz CT molecular complexity index is 652. The molecule has 0 fully saturated rings. The van der Waals surface area contributed by atoms with E-state index in [0.717, 1.165) is 11.1 Å². The first-order chi connectivity index (χ1) is 10.1. The molecule has 0 spiro atoms. The maximum absolute atomic E-state index is 12.3. The number of rotatable bonds is 4. The number of nitrogens with two attached hydrogens (primary N) is 2. The van der Waals surface area contributed by atoms with Gasteiger partial charge in [0.1, 0.15) is 0 Å². The molecule has 2 aromatic carbocycles. The summed E-state index contributed by atoms with van der Waals surface area (Å²) in [5.74, 6) is -1.07. The molecule has 0 unspecified atom stereocenters. The van der Waals surface area contributed by atoms with E-state index >= 15 is 0 Å². The number of aliphatic imine (C=N–C) groups is 1. The largest absolute Gasteiger partial charge is 0.370 e. The highest BCUT2D eigenvalue weighted by atomic mass is 35.5. The van der Waals surface area contributed by atoms with Crippen molar-refractivity contribution in [2.24, 2.45) is 16.5 Å².